The highest BCUT2D eigenvalue weighted by molar-refractivity contribution is 7.07. The summed E-state index contributed by atoms with van der Waals surface area (Å²) in [5.74, 6) is 0.526. The lowest BCUT2D eigenvalue weighted by Gasteiger charge is -2.33. The van der Waals surface area contributed by atoms with E-state index >= 15 is 0 Å². The van der Waals surface area contributed by atoms with Crippen LogP contribution in [0.1, 0.15) is 37.3 Å². The Morgan fingerprint density at radius 3 is 2.75 bits per heavy atom. The first-order valence-corrected chi connectivity index (χ1v) is 9.75. The molecule has 2 fully saturated rings. The van der Waals surface area contributed by atoms with Crippen LogP contribution in [-0.2, 0) is 9.59 Å². The third-order valence-corrected chi connectivity index (χ3v) is 5.75. The van der Waals surface area contributed by atoms with Crippen molar-refractivity contribution in [1.82, 2.24) is 15.1 Å². The highest BCUT2D eigenvalue weighted by Gasteiger charge is 2.36. The van der Waals surface area contributed by atoms with Crippen molar-refractivity contribution in [3.63, 3.8) is 0 Å². The van der Waals surface area contributed by atoms with Gasteiger partial charge < -0.3 is 15.1 Å². The van der Waals surface area contributed by atoms with Crippen molar-refractivity contribution in [2.75, 3.05) is 33.7 Å². The van der Waals surface area contributed by atoms with Crippen LogP contribution in [0.2, 0.25) is 0 Å². The molecular weight excluding hydrogens is 322 g/mol. The fourth-order valence-corrected chi connectivity index (χ4v) is 4.09. The second-order valence-corrected chi connectivity index (χ2v) is 7.96. The molecule has 2 amide bonds. The molecule has 0 spiro atoms. The van der Waals surface area contributed by atoms with Gasteiger partial charge in [0.05, 0.1) is 12.0 Å². The molecule has 3 rings (SSSR count). The molecule has 5 nitrogen and oxygen atoms in total. The van der Waals surface area contributed by atoms with Crippen LogP contribution < -0.4 is 5.32 Å². The van der Waals surface area contributed by atoms with E-state index in [4.69, 9.17) is 0 Å². The molecule has 1 aliphatic heterocycles. The molecule has 1 N–H and O–H groups in total. The van der Waals surface area contributed by atoms with Crippen molar-refractivity contribution in [3.05, 3.63) is 22.4 Å². The number of rotatable bonds is 6. The molecule has 1 saturated carbocycles. The van der Waals surface area contributed by atoms with Gasteiger partial charge in [-0.15, -0.1) is 0 Å². The number of thiophene rings is 1. The largest absolute Gasteiger partial charge is 0.354 e. The number of likely N-dealkylation sites (N-methyl/N-ethyl adjacent to an activating group) is 1. The van der Waals surface area contributed by atoms with Gasteiger partial charge in [0, 0.05) is 25.6 Å². The van der Waals surface area contributed by atoms with E-state index < -0.39 is 0 Å². The maximum absolute atomic E-state index is 12.6. The number of likely N-dealkylation sites (tertiary alicyclic amines) is 1. The summed E-state index contributed by atoms with van der Waals surface area (Å²) in [6, 6.07) is 2.30. The number of carbonyl (C=O) groups excluding carboxylic acids is 2. The average Bonchev–Trinajstić information content (AvgIpc) is 3.30. The number of carbonyl (C=O) groups is 2. The van der Waals surface area contributed by atoms with Crippen LogP contribution in [0, 0.1) is 11.8 Å². The quantitative estimate of drug-likeness (QED) is 0.856. The van der Waals surface area contributed by atoms with Gasteiger partial charge in [-0.05, 0) is 62.2 Å². The van der Waals surface area contributed by atoms with Crippen LogP contribution in [0.3, 0.4) is 0 Å². The van der Waals surface area contributed by atoms with Gasteiger partial charge in [-0.1, -0.05) is 0 Å². The molecule has 0 unspecified atom stereocenters. The zero-order valence-corrected chi connectivity index (χ0v) is 15.3. The minimum absolute atomic E-state index is 0.0632. The average molecular weight is 350 g/mol. The second kappa shape index (κ2) is 7.66. The summed E-state index contributed by atoms with van der Waals surface area (Å²) < 4.78 is 0. The number of nitrogens with zero attached hydrogens (tertiary/aromatic N) is 2. The molecule has 132 valence electrons. The van der Waals surface area contributed by atoms with Gasteiger partial charge in [-0.3, -0.25) is 9.59 Å². The Balaban J connectivity index is 1.53. The maximum atomic E-state index is 12.6. The lowest BCUT2D eigenvalue weighted by molar-refractivity contribution is -0.136. The Bertz CT molecular complexity index is 569. The molecule has 2 heterocycles. The van der Waals surface area contributed by atoms with Crippen LogP contribution in [0.25, 0.3) is 0 Å². The van der Waals surface area contributed by atoms with Crippen molar-refractivity contribution >= 4 is 23.2 Å². The van der Waals surface area contributed by atoms with E-state index in [-0.39, 0.29) is 29.7 Å². The molecule has 0 aromatic carbocycles. The third kappa shape index (κ3) is 4.16. The van der Waals surface area contributed by atoms with E-state index in [1.165, 1.54) is 5.56 Å². The SMILES string of the molecule is CN(C)[C@@H](CNC(=O)[C@H]1CCCN(C(=O)C2CC2)C1)c1ccsc1. The summed E-state index contributed by atoms with van der Waals surface area (Å²) in [5, 5.41) is 7.31. The summed E-state index contributed by atoms with van der Waals surface area (Å²) >= 11 is 1.68. The number of hydrogen-bond donors (Lipinski definition) is 1. The molecule has 2 atom stereocenters. The minimum Gasteiger partial charge on any atom is -0.354 e. The molecule has 1 aliphatic carbocycles. The highest BCUT2D eigenvalue weighted by Crippen LogP contribution is 2.32. The summed E-state index contributed by atoms with van der Waals surface area (Å²) in [6.07, 6.45) is 3.86. The molecule has 6 heteroatoms. The van der Waals surface area contributed by atoms with Gasteiger partial charge in [0.2, 0.25) is 11.8 Å². The van der Waals surface area contributed by atoms with Gasteiger partial charge in [-0.2, -0.15) is 11.3 Å². The molecule has 2 aliphatic rings. The minimum atomic E-state index is -0.0632. The zero-order valence-electron chi connectivity index (χ0n) is 14.5. The third-order valence-electron chi connectivity index (χ3n) is 5.05. The van der Waals surface area contributed by atoms with Gasteiger partial charge in [0.25, 0.3) is 0 Å². The van der Waals surface area contributed by atoms with Gasteiger partial charge >= 0.3 is 0 Å². The second-order valence-electron chi connectivity index (χ2n) is 7.18. The molecular formula is C18H27N3O2S. The van der Waals surface area contributed by atoms with Crippen LogP contribution >= 0.6 is 11.3 Å². The van der Waals surface area contributed by atoms with E-state index in [0.29, 0.717) is 13.1 Å². The van der Waals surface area contributed by atoms with Crippen LogP contribution in [0.5, 0.6) is 0 Å². The first-order valence-electron chi connectivity index (χ1n) is 8.81. The van der Waals surface area contributed by atoms with Gasteiger partial charge in [0.15, 0.2) is 0 Å². The summed E-state index contributed by atoms with van der Waals surface area (Å²) in [7, 11) is 4.07. The molecule has 1 aromatic rings. The van der Waals surface area contributed by atoms with Crippen molar-refractivity contribution in [1.29, 1.82) is 0 Å². The fraction of sp³-hybridized carbons (Fsp3) is 0.667. The first kappa shape index (κ1) is 17.4. The Morgan fingerprint density at radius 2 is 2.12 bits per heavy atom. The Morgan fingerprint density at radius 1 is 1.33 bits per heavy atom. The molecule has 0 radical (unpaired) electrons. The number of amides is 2. The predicted molar refractivity (Wildman–Crippen MR) is 95.8 cm³/mol. The monoisotopic (exact) mass is 349 g/mol. The van der Waals surface area contributed by atoms with E-state index in [1.807, 2.05) is 19.0 Å². The lowest BCUT2D eigenvalue weighted by Crippen LogP contribution is -2.47. The van der Waals surface area contributed by atoms with Crippen molar-refractivity contribution in [2.45, 2.75) is 31.7 Å². The summed E-state index contributed by atoms with van der Waals surface area (Å²) in [4.78, 5) is 28.9. The van der Waals surface area contributed by atoms with E-state index in [0.717, 1.165) is 32.2 Å². The zero-order chi connectivity index (χ0) is 17.1. The number of hydrogen-bond acceptors (Lipinski definition) is 4. The Kier molecular flexibility index (Phi) is 5.56. The smallest absolute Gasteiger partial charge is 0.225 e. The van der Waals surface area contributed by atoms with Crippen molar-refractivity contribution < 1.29 is 9.59 Å². The summed E-state index contributed by atoms with van der Waals surface area (Å²) in [6.45, 7) is 2.01. The standard InChI is InChI=1S/C18H27N3O2S/c1-20(2)16(15-7-9-24-12-15)10-19-17(22)14-4-3-8-21(11-14)18(23)13-5-6-13/h7,9,12-14,16H,3-6,8,10-11H2,1-2H3,(H,19,22)/t14-,16-/m0/s1. The first-order chi connectivity index (χ1) is 11.6. The predicted octanol–water partition coefficient (Wildman–Crippen LogP) is 2.12. The normalized spacial score (nSPS) is 22.5. The van der Waals surface area contributed by atoms with E-state index in [9.17, 15) is 9.59 Å². The van der Waals surface area contributed by atoms with Crippen LogP contribution in [0.15, 0.2) is 16.8 Å². The number of piperidine rings is 1. The van der Waals surface area contributed by atoms with Gasteiger partial charge in [0.1, 0.15) is 0 Å². The molecule has 1 saturated heterocycles. The molecule has 1 aromatic heterocycles. The maximum Gasteiger partial charge on any atom is 0.225 e. The Labute approximate surface area is 148 Å². The topological polar surface area (TPSA) is 52.7 Å². The lowest BCUT2D eigenvalue weighted by atomic mass is 9.96. The Hall–Kier alpha value is -1.40. The van der Waals surface area contributed by atoms with Crippen molar-refractivity contribution in [3.8, 4) is 0 Å². The fourth-order valence-electron chi connectivity index (χ4n) is 3.38. The molecule has 24 heavy (non-hydrogen) atoms. The summed E-state index contributed by atoms with van der Waals surface area (Å²) in [5.41, 5.74) is 1.24. The van der Waals surface area contributed by atoms with Gasteiger partial charge in [-0.25, -0.2) is 0 Å². The molecule has 0 bridgehead atoms. The van der Waals surface area contributed by atoms with E-state index in [2.05, 4.69) is 27.0 Å². The van der Waals surface area contributed by atoms with Crippen LogP contribution in [0.4, 0.5) is 0 Å². The highest BCUT2D eigenvalue weighted by atomic mass is 32.1. The van der Waals surface area contributed by atoms with E-state index in [1.54, 1.807) is 11.3 Å². The van der Waals surface area contributed by atoms with Crippen molar-refractivity contribution in [2.24, 2.45) is 11.8 Å². The number of nitrogens with one attached hydrogen (secondary N) is 1. The van der Waals surface area contributed by atoms with Crippen LogP contribution in [-0.4, -0.2) is 55.3 Å².